The second kappa shape index (κ2) is 10.4. The number of aliphatic hydroxyl groups excluding tert-OH is 1. The normalized spacial score (nSPS) is 29.3. The molecule has 0 aromatic carbocycles. The second-order valence-corrected chi connectivity index (χ2v) is 12.4. The lowest BCUT2D eigenvalue weighted by Gasteiger charge is -2.41. The van der Waals surface area contributed by atoms with Gasteiger partial charge in [0.05, 0.1) is 42.4 Å². The Bertz CT molecular complexity index is 1360. The van der Waals surface area contributed by atoms with Crippen LogP contribution >= 0.6 is 11.8 Å². The van der Waals surface area contributed by atoms with Crippen LogP contribution in [0.4, 0.5) is 11.6 Å². The lowest BCUT2D eigenvalue weighted by atomic mass is 9.73. The van der Waals surface area contributed by atoms with E-state index in [-0.39, 0.29) is 30.2 Å². The predicted octanol–water partition coefficient (Wildman–Crippen LogP) is 2.03. The van der Waals surface area contributed by atoms with Gasteiger partial charge in [0.25, 0.3) is 0 Å². The van der Waals surface area contributed by atoms with Gasteiger partial charge in [-0.2, -0.15) is 0 Å². The number of nitrogens with two attached hydrogens (primary N) is 1. The lowest BCUT2D eigenvalue weighted by Crippen LogP contribution is -2.51. The van der Waals surface area contributed by atoms with Gasteiger partial charge in [-0.15, -0.1) is 0 Å². The Hall–Kier alpha value is -3.06. The highest BCUT2D eigenvalue weighted by Crippen LogP contribution is 2.45. The topological polar surface area (TPSA) is 125 Å². The minimum absolute atomic E-state index is 0.0323. The molecule has 0 aliphatic carbocycles. The zero-order chi connectivity index (χ0) is 27.3. The molecule has 11 nitrogen and oxygen atoms in total. The van der Waals surface area contributed by atoms with Crippen molar-refractivity contribution in [3.8, 4) is 5.75 Å². The Morgan fingerprint density at radius 1 is 1.27 bits per heavy atom. The fraction of sp³-hybridized carbons (Fsp3) is 0.536. The van der Waals surface area contributed by atoms with Crippen LogP contribution in [0.5, 0.6) is 5.75 Å². The molecular formula is C28H35N8O3S+. The van der Waals surface area contributed by atoms with Gasteiger partial charge >= 0.3 is 0 Å². The Kier molecular flexibility index (Phi) is 6.73. The molecule has 0 bridgehead atoms. The van der Waals surface area contributed by atoms with Gasteiger partial charge < -0.3 is 30.1 Å². The molecule has 3 fully saturated rings. The molecule has 5 aliphatic heterocycles. The Labute approximate surface area is 237 Å². The zero-order valence-corrected chi connectivity index (χ0v) is 23.4. The highest BCUT2D eigenvalue weighted by molar-refractivity contribution is 7.99. The van der Waals surface area contributed by atoms with Gasteiger partial charge in [0, 0.05) is 43.4 Å². The predicted molar refractivity (Wildman–Crippen MR) is 152 cm³/mol. The van der Waals surface area contributed by atoms with Crippen molar-refractivity contribution in [2.75, 3.05) is 42.6 Å². The molecule has 2 aromatic heterocycles. The van der Waals surface area contributed by atoms with Crippen molar-refractivity contribution in [1.29, 1.82) is 0 Å². The monoisotopic (exact) mass is 563 g/mol. The number of nitrogens with zero attached hydrogens (tertiary/aromatic N) is 7. The van der Waals surface area contributed by atoms with E-state index in [4.69, 9.17) is 30.2 Å². The number of aromatic nitrogens is 3. The summed E-state index contributed by atoms with van der Waals surface area (Å²) >= 11 is 1.49. The molecular weight excluding hydrogens is 528 g/mol. The van der Waals surface area contributed by atoms with Crippen molar-refractivity contribution in [3.63, 3.8) is 0 Å². The maximum Gasteiger partial charge on any atom is 0.203 e. The van der Waals surface area contributed by atoms with Gasteiger partial charge in [0.15, 0.2) is 23.6 Å². The van der Waals surface area contributed by atoms with Crippen LogP contribution in [-0.4, -0.2) is 88.2 Å². The maximum atomic E-state index is 10.2. The van der Waals surface area contributed by atoms with E-state index in [0.717, 1.165) is 67.8 Å². The van der Waals surface area contributed by atoms with E-state index in [9.17, 15) is 5.11 Å². The van der Waals surface area contributed by atoms with E-state index in [1.807, 2.05) is 29.2 Å². The number of fused-ring (bicyclic) bond motifs is 3. The molecule has 1 spiro atoms. The molecule has 0 radical (unpaired) electrons. The number of allylic oxidation sites excluding steroid dienone is 1. The van der Waals surface area contributed by atoms with E-state index >= 15 is 0 Å². The maximum absolute atomic E-state index is 10.2. The van der Waals surface area contributed by atoms with E-state index in [1.54, 1.807) is 12.4 Å². The number of anilines is 2. The van der Waals surface area contributed by atoms with Crippen LogP contribution in [0.1, 0.15) is 31.9 Å². The van der Waals surface area contributed by atoms with Gasteiger partial charge in [-0.3, -0.25) is 0 Å². The number of hydrogen-bond donors (Lipinski definition) is 2. The van der Waals surface area contributed by atoms with Crippen molar-refractivity contribution in [3.05, 3.63) is 36.4 Å². The van der Waals surface area contributed by atoms with Crippen LogP contribution in [-0.2, 0) is 11.3 Å². The summed E-state index contributed by atoms with van der Waals surface area (Å²) in [6.07, 6.45) is 14.5. The number of rotatable bonds is 5. The van der Waals surface area contributed by atoms with Crippen molar-refractivity contribution < 1.29 is 19.3 Å². The summed E-state index contributed by atoms with van der Waals surface area (Å²) in [5.41, 5.74) is 7.11. The van der Waals surface area contributed by atoms with Crippen LogP contribution in [0, 0.1) is 11.3 Å². The molecule has 7 heterocycles. The fourth-order valence-electron chi connectivity index (χ4n) is 6.65. The molecule has 3 saturated heterocycles. The van der Waals surface area contributed by atoms with Crippen molar-refractivity contribution in [2.45, 2.75) is 60.9 Å². The van der Waals surface area contributed by atoms with Crippen LogP contribution < -0.4 is 20.3 Å². The molecule has 7 rings (SSSR count). The molecule has 0 saturated carbocycles. The average molecular weight is 564 g/mol. The van der Waals surface area contributed by atoms with E-state index in [0.29, 0.717) is 23.2 Å². The van der Waals surface area contributed by atoms with Gasteiger partial charge in [0.1, 0.15) is 23.5 Å². The van der Waals surface area contributed by atoms with Gasteiger partial charge in [-0.25, -0.2) is 15.0 Å². The number of hydrogen-bond acceptors (Lipinski definition) is 11. The van der Waals surface area contributed by atoms with Crippen LogP contribution in [0.2, 0.25) is 0 Å². The minimum Gasteiger partial charge on any atom is -0.486 e. The second-order valence-electron chi connectivity index (χ2n) is 11.3. The molecule has 2 aromatic rings. The third-order valence-corrected chi connectivity index (χ3v) is 9.89. The van der Waals surface area contributed by atoms with E-state index in [1.165, 1.54) is 11.8 Å². The van der Waals surface area contributed by atoms with Gasteiger partial charge in [-0.1, -0.05) is 16.4 Å². The summed E-state index contributed by atoms with van der Waals surface area (Å²) in [7, 11) is 0. The molecule has 210 valence electrons. The third kappa shape index (κ3) is 4.56. The smallest absolute Gasteiger partial charge is 0.203 e. The molecule has 0 amide bonds. The molecule has 12 heteroatoms. The quantitative estimate of drug-likeness (QED) is 0.522. The summed E-state index contributed by atoms with van der Waals surface area (Å²) in [5.74, 6) is 2.77. The highest BCUT2D eigenvalue weighted by Gasteiger charge is 2.48. The fourth-order valence-corrected chi connectivity index (χ4v) is 7.51. The van der Waals surface area contributed by atoms with E-state index < -0.39 is 0 Å². The van der Waals surface area contributed by atoms with Gasteiger partial charge in [0.2, 0.25) is 6.20 Å². The number of ether oxygens (including phenoxy) is 2. The Balaban J connectivity index is 1.07. The largest absolute Gasteiger partial charge is 0.486 e. The SMILES string of the molecule is C[C@@H]1OCC2(CCN(c3ncc(Sc4ccnc5c4OC[C@@H]4CC(/C=[N+]6/C=CC=N6)CN54)nc3CO)CC2)[C@@H]1N. The van der Waals surface area contributed by atoms with E-state index in [2.05, 4.69) is 28.0 Å². The Morgan fingerprint density at radius 3 is 2.90 bits per heavy atom. The Morgan fingerprint density at radius 2 is 2.15 bits per heavy atom. The summed E-state index contributed by atoms with van der Waals surface area (Å²) in [6, 6.07) is 2.30. The standard InChI is InChI=1S/C28H35N8O3S/c1-18-25(29)28(17-39-18)4-9-34(10-5-28)26-21(15-37)33-23(12-31-26)40-22-3-7-30-27-24(22)38-16-20-11-19(14-36(20)27)13-35-8-2-6-32-35/h2-3,6-8,12-13,18-20,25,37H,4-5,9-11,14-17,29H2,1H3/q+1/b35-13-/t18-,19?,20-,25+/m0/s1. The first-order chi connectivity index (χ1) is 19.5. The van der Waals surface area contributed by atoms with Crippen LogP contribution in [0.3, 0.4) is 0 Å². The minimum atomic E-state index is -0.174. The average Bonchev–Trinajstić information content (AvgIpc) is 3.71. The summed E-state index contributed by atoms with van der Waals surface area (Å²) < 4.78 is 14.0. The first-order valence-electron chi connectivity index (χ1n) is 14.0. The van der Waals surface area contributed by atoms with Crippen molar-refractivity contribution in [1.82, 2.24) is 15.0 Å². The first-order valence-corrected chi connectivity index (χ1v) is 14.8. The molecule has 4 atom stereocenters. The number of piperidine rings is 1. The van der Waals surface area contributed by atoms with Crippen LogP contribution in [0.25, 0.3) is 0 Å². The summed E-state index contributed by atoms with van der Waals surface area (Å²) in [5, 5.41) is 15.2. The third-order valence-electron chi connectivity index (χ3n) is 8.95. The first kappa shape index (κ1) is 25.9. The summed E-state index contributed by atoms with van der Waals surface area (Å²) in [4.78, 5) is 19.8. The summed E-state index contributed by atoms with van der Waals surface area (Å²) in [6.45, 7) is 5.73. The number of pyridine rings is 1. The number of hydrazone groups is 1. The van der Waals surface area contributed by atoms with Crippen molar-refractivity contribution >= 4 is 35.8 Å². The van der Waals surface area contributed by atoms with Crippen LogP contribution in [0.15, 0.2) is 45.8 Å². The molecule has 5 aliphatic rings. The zero-order valence-electron chi connectivity index (χ0n) is 22.6. The van der Waals surface area contributed by atoms with Crippen molar-refractivity contribution in [2.24, 2.45) is 22.2 Å². The number of aliphatic hydroxyl groups is 1. The molecule has 40 heavy (non-hydrogen) atoms. The lowest BCUT2D eigenvalue weighted by molar-refractivity contribution is -0.454. The highest BCUT2D eigenvalue weighted by atomic mass is 32.2. The van der Waals surface area contributed by atoms with Gasteiger partial charge in [-0.05, 0) is 37.4 Å². The molecule has 3 N–H and O–H groups in total. The molecule has 1 unspecified atom stereocenters.